The molecule has 0 radical (unpaired) electrons. The second-order valence-corrected chi connectivity index (χ2v) is 7.40. The molecule has 2 heterocycles. The zero-order chi connectivity index (χ0) is 14.6. The molecule has 2 fully saturated rings. The van der Waals surface area contributed by atoms with Gasteiger partial charge in [0.2, 0.25) is 10.0 Å². The number of piperidine rings is 1. The molecule has 0 aromatic rings. The van der Waals surface area contributed by atoms with Crippen molar-refractivity contribution in [1.29, 1.82) is 0 Å². The zero-order valence-electron chi connectivity index (χ0n) is 11.9. The maximum Gasteiger partial charge on any atom is 0.324 e. The summed E-state index contributed by atoms with van der Waals surface area (Å²) in [5, 5.41) is -0.425. The molecule has 0 bridgehead atoms. The Labute approximate surface area is 120 Å². The van der Waals surface area contributed by atoms with Crippen LogP contribution in [0.1, 0.15) is 39.0 Å². The SMILES string of the molecule is CCOC(=O)C1CCCCN1S(=O)(=O)C1CCOCC1. The fraction of sp³-hybridized carbons (Fsp3) is 0.923. The quantitative estimate of drug-likeness (QED) is 0.722. The Bertz CT molecular complexity index is 430. The third kappa shape index (κ3) is 3.32. The van der Waals surface area contributed by atoms with Crippen LogP contribution in [0.25, 0.3) is 0 Å². The van der Waals surface area contributed by atoms with E-state index in [0.29, 0.717) is 39.0 Å². The van der Waals surface area contributed by atoms with E-state index < -0.39 is 27.3 Å². The van der Waals surface area contributed by atoms with Gasteiger partial charge in [-0.1, -0.05) is 0 Å². The molecule has 0 aliphatic carbocycles. The first-order valence-electron chi connectivity index (χ1n) is 7.32. The fourth-order valence-electron chi connectivity index (χ4n) is 2.85. The average Bonchev–Trinajstić information content (AvgIpc) is 2.48. The van der Waals surface area contributed by atoms with Gasteiger partial charge in [-0.25, -0.2) is 8.42 Å². The molecule has 7 heteroatoms. The molecule has 0 aromatic carbocycles. The Hall–Kier alpha value is -0.660. The van der Waals surface area contributed by atoms with E-state index in [0.717, 1.165) is 12.8 Å². The molecule has 1 unspecified atom stereocenters. The lowest BCUT2D eigenvalue weighted by atomic mass is 10.1. The Morgan fingerprint density at radius 2 is 1.95 bits per heavy atom. The van der Waals surface area contributed by atoms with Crippen molar-refractivity contribution in [3.05, 3.63) is 0 Å². The normalized spacial score (nSPS) is 26.4. The van der Waals surface area contributed by atoms with Gasteiger partial charge in [0, 0.05) is 19.8 Å². The number of hydrogen-bond donors (Lipinski definition) is 0. The number of rotatable bonds is 4. The molecule has 2 aliphatic heterocycles. The highest BCUT2D eigenvalue weighted by Crippen LogP contribution is 2.27. The summed E-state index contributed by atoms with van der Waals surface area (Å²) in [4.78, 5) is 12.0. The van der Waals surface area contributed by atoms with E-state index in [4.69, 9.17) is 9.47 Å². The summed E-state index contributed by atoms with van der Waals surface area (Å²) >= 11 is 0. The Balaban J connectivity index is 2.15. The van der Waals surface area contributed by atoms with Gasteiger partial charge in [-0.15, -0.1) is 0 Å². The highest BCUT2D eigenvalue weighted by Gasteiger charge is 2.41. The monoisotopic (exact) mass is 305 g/mol. The van der Waals surface area contributed by atoms with Gasteiger partial charge in [-0.2, -0.15) is 4.31 Å². The lowest BCUT2D eigenvalue weighted by Crippen LogP contribution is -2.52. The van der Waals surface area contributed by atoms with Gasteiger partial charge >= 0.3 is 5.97 Å². The predicted molar refractivity (Wildman–Crippen MR) is 73.7 cm³/mol. The zero-order valence-corrected chi connectivity index (χ0v) is 12.7. The average molecular weight is 305 g/mol. The minimum absolute atomic E-state index is 0.278. The first-order chi connectivity index (χ1) is 9.57. The molecule has 1 atom stereocenters. The van der Waals surface area contributed by atoms with Crippen molar-refractivity contribution in [1.82, 2.24) is 4.31 Å². The topological polar surface area (TPSA) is 72.9 Å². The number of carbonyl (C=O) groups is 1. The number of carbonyl (C=O) groups excluding carboxylic acids is 1. The molecule has 0 aromatic heterocycles. The van der Waals surface area contributed by atoms with Crippen LogP contribution in [0.2, 0.25) is 0 Å². The molecular weight excluding hydrogens is 282 g/mol. The summed E-state index contributed by atoms with van der Waals surface area (Å²) < 4.78 is 37.1. The Morgan fingerprint density at radius 3 is 2.60 bits per heavy atom. The molecule has 2 saturated heterocycles. The van der Waals surface area contributed by atoms with Crippen LogP contribution < -0.4 is 0 Å². The smallest absolute Gasteiger partial charge is 0.324 e. The largest absolute Gasteiger partial charge is 0.465 e. The van der Waals surface area contributed by atoms with Crippen LogP contribution in [-0.4, -0.2) is 56.3 Å². The maximum absolute atomic E-state index is 12.7. The van der Waals surface area contributed by atoms with E-state index in [1.165, 1.54) is 4.31 Å². The van der Waals surface area contributed by atoms with Crippen LogP contribution in [0.4, 0.5) is 0 Å². The van der Waals surface area contributed by atoms with Crippen LogP contribution in [0, 0.1) is 0 Å². The summed E-state index contributed by atoms with van der Waals surface area (Å²) in [5.74, 6) is -0.414. The summed E-state index contributed by atoms with van der Waals surface area (Å²) in [6.45, 7) is 3.38. The first-order valence-corrected chi connectivity index (χ1v) is 8.82. The molecule has 20 heavy (non-hydrogen) atoms. The predicted octanol–water partition coefficient (Wildman–Crippen LogP) is 0.913. The third-order valence-electron chi connectivity index (χ3n) is 3.93. The van der Waals surface area contributed by atoms with Crippen LogP contribution in [0.5, 0.6) is 0 Å². The first kappa shape index (κ1) is 15.7. The summed E-state index contributed by atoms with van der Waals surface area (Å²) in [6, 6.07) is -0.642. The molecular formula is C13H23NO5S. The number of nitrogens with zero attached hydrogens (tertiary/aromatic N) is 1. The van der Waals surface area contributed by atoms with E-state index in [1.807, 2.05) is 0 Å². The summed E-state index contributed by atoms with van der Waals surface area (Å²) in [7, 11) is -3.45. The minimum Gasteiger partial charge on any atom is -0.465 e. The van der Waals surface area contributed by atoms with E-state index in [2.05, 4.69) is 0 Å². The number of hydrogen-bond acceptors (Lipinski definition) is 5. The summed E-state index contributed by atoms with van der Waals surface area (Å²) in [5.41, 5.74) is 0. The molecule has 2 rings (SSSR count). The van der Waals surface area contributed by atoms with E-state index in [1.54, 1.807) is 6.92 Å². The van der Waals surface area contributed by atoms with Crippen molar-refractivity contribution in [2.24, 2.45) is 0 Å². The van der Waals surface area contributed by atoms with E-state index in [9.17, 15) is 13.2 Å². The highest BCUT2D eigenvalue weighted by atomic mass is 32.2. The lowest BCUT2D eigenvalue weighted by Gasteiger charge is -2.36. The number of ether oxygens (including phenoxy) is 2. The molecule has 0 saturated carbocycles. The van der Waals surface area contributed by atoms with E-state index >= 15 is 0 Å². The van der Waals surface area contributed by atoms with Crippen molar-refractivity contribution in [2.45, 2.75) is 50.3 Å². The minimum atomic E-state index is -3.45. The van der Waals surface area contributed by atoms with Crippen molar-refractivity contribution in [3.63, 3.8) is 0 Å². The molecule has 6 nitrogen and oxygen atoms in total. The molecule has 0 N–H and O–H groups in total. The second-order valence-electron chi connectivity index (χ2n) is 5.23. The van der Waals surface area contributed by atoms with Crippen LogP contribution >= 0.6 is 0 Å². The van der Waals surface area contributed by atoms with Crippen LogP contribution in [-0.2, 0) is 24.3 Å². The van der Waals surface area contributed by atoms with Crippen LogP contribution in [0.3, 0.4) is 0 Å². The standard InChI is InChI=1S/C13H23NO5S/c1-2-19-13(15)12-5-3-4-8-14(12)20(16,17)11-6-9-18-10-7-11/h11-12H,2-10H2,1H3. The maximum atomic E-state index is 12.7. The second kappa shape index (κ2) is 6.87. The van der Waals surface area contributed by atoms with Crippen molar-refractivity contribution in [3.8, 4) is 0 Å². The number of sulfonamides is 1. The molecule has 2 aliphatic rings. The van der Waals surface area contributed by atoms with Crippen molar-refractivity contribution >= 4 is 16.0 Å². The molecule has 0 spiro atoms. The number of esters is 1. The van der Waals surface area contributed by atoms with Crippen molar-refractivity contribution < 1.29 is 22.7 Å². The third-order valence-corrected chi connectivity index (χ3v) is 6.33. The van der Waals surface area contributed by atoms with Gasteiger partial charge in [-0.3, -0.25) is 4.79 Å². The van der Waals surface area contributed by atoms with Gasteiger partial charge < -0.3 is 9.47 Å². The van der Waals surface area contributed by atoms with E-state index in [-0.39, 0.29) is 6.61 Å². The van der Waals surface area contributed by atoms with Gasteiger partial charge in [0.15, 0.2) is 0 Å². The molecule has 116 valence electrons. The lowest BCUT2D eigenvalue weighted by molar-refractivity contribution is -0.148. The van der Waals surface area contributed by atoms with Gasteiger partial charge in [0.1, 0.15) is 6.04 Å². The van der Waals surface area contributed by atoms with Gasteiger partial charge in [0.25, 0.3) is 0 Å². The Morgan fingerprint density at radius 1 is 1.25 bits per heavy atom. The summed E-state index contributed by atoms with van der Waals surface area (Å²) in [6.07, 6.45) is 3.24. The van der Waals surface area contributed by atoms with Crippen LogP contribution in [0.15, 0.2) is 0 Å². The van der Waals surface area contributed by atoms with Gasteiger partial charge in [0.05, 0.1) is 11.9 Å². The van der Waals surface area contributed by atoms with Crippen molar-refractivity contribution in [2.75, 3.05) is 26.4 Å². The fourth-order valence-corrected chi connectivity index (χ4v) is 4.95. The van der Waals surface area contributed by atoms with Gasteiger partial charge in [-0.05, 0) is 39.0 Å². The molecule has 0 amide bonds. The highest BCUT2D eigenvalue weighted by molar-refractivity contribution is 7.89. The Kier molecular flexibility index (Phi) is 5.40.